The lowest BCUT2D eigenvalue weighted by atomic mass is 10.2. The number of amides is 1. The molecule has 0 spiro atoms. The fourth-order valence-corrected chi connectivity index (χ4v) is 2.51. The molecule has 1 aromatic rings. The average molecular weight is 332 g/mol. The highest BCUT2D eigenvalue weighted by Gasteiger charge is 2.16. The van der Waals surface area contributed by atoms with Gasteiger partial charge in [-0.25, -0.2) is 0 Å². The molecule has 1 N–H and O–H groups in total. The second kappa shape index (κ2) is 6.56. The van der Waals surface area contributed by atoms with Crippen molar-refractivity contribution in [2.75, 3.05) is 26.4 Å². The topological polar surface area (TPSA) is 47.6 Å². The molecule has 1 aliphatic heterocycles. The van der Waals surface area contributed by atoms with Crippen LogP contribution in [0.3, 0.4) is 0 Å². The molecule has 0 bridgehead atoms. The van der Waals surface area contributed by atoms with Crippen LogP contribution in [0.4, 0.5) is 0 Å². The summed E-state index contributed by atoms with van der Waals surface area (Å²) in [5.41, 5.74) is 0.554. The molecule has 1 aromatic carbocycles. The summed E-state index contributed by atoms with van der Waals surface area (Å²) in [7, 11) is 0. The maximum Gasteiger partial charge on any atom is 0.252 e. The summed E-state index contributed by atoms with van der Waals surface area (Å²) < 4.78 is 11.6. The van der Waals surface area contributed by atoms with E-state index in [2.05, 4.69) is 33.9 Å². The summed E-state index contributed by atoms with van der Waals surface area (Å²) in [5.74, 6) is -0.151. The summed E-state index contributed by atoms with van der Waals surface area (Å²) in [4.78, 5) is 12.6. The number of carbonyl (C=O) groups excluding carboxylic acids is 1. The number of benzene rings is 1. The quantitative estimate of drug-likeness (QED) is 0.831. The van der Waals surface area contributed by atoms with Crippen LogP contribution in [0.25, 0.3) is 0 Å². The number of ether oxygens (including phenoxy) is 2. The molecule has 1 amide bonds. The molecule has 0 radical (unpaired) electrons. The Morgan fingerprint density at radius 3 is 3.00 bits per heavy atom. The molecule has 1 atom stereocenters. The molecule has 1 unspecified atom stereocenters. The monoisotopic (exact) mass is 331 g/mol. The Morgan fingerprint density at radius 1 is 1.50 bits per heavy atom. The van der Waals surface area contributed by atoms with Gasteiger partial charge in [-0.1, -0.05) is 15.9 Å². The van der Waals surface area contributed by atoms with Crippen molar-refractivity contribution in [3.63, 3.8) is 0 Å². The molecule has 1 fully saturated rings. The van der Waals surface area contributed by atoms with Gasteiger partial charge >= 0.3 is 0 Å². The smallest absolute Gasteiger partial charge is 0.252 e. The van der Waals surface area contributed by atoms with Crippen molar-refractivity contribution in [1.29, 1.82) is 0 Å². The Bertz CT molecular complexity index is 435. The lowest BCUT2D eigenvalue weighted by molar-refractivity contribution is -0.0855. The van der Waals surface area contributed by atoms with Crippen LogP contribution in [0.15, 0.2) is 27.6 Å². The molecule has 6 heteroatoms. The fourth-order valence-electron chi connectivity index (χ4n) is 1.65. The van der Waals surface area contributed by atoms with Crippen molar-refractivity contribution in [3.8, 4) is 0 Å². The predicted molar refractivity (Wildman–Crippen MR) is 74.3 cm³/mol. The van der Waals surface area contributed by atoms with Crippen molar-refractivity contribution in [1.82, 2.24) is 5.32 Å². The van der Waals surface area contributed by atoms with Gasteiger partial charge in [0.1, 0.15) is 0 Å². The Balaban J connectivity index is 1.90. The van der Waals surface area contributed by atoms with E-state index in [0.29, 0.717) is 36.8 Å². The molecule has 1 heterocycles. The first-order valence-corrected chi connectivity index (χ1v) is 6.87. The number of hydrogen-bond acceptors (Lipinski definition) is 4. The number of rotatable bonds is 3. The number of nitrogens with one attached hydrogen (secondary N) is 1. The Kier molecular flexibility index (Phi) is 5.05. The second-order valence-corrected chi connectivity index (χ2v) is 5.34. The molecule has 1 aliphatic rings. The van der Waals surface area contributed by atoms with Gasteiger partial charge in [0.05, 0.1) is 31.5 Å². The zero-order valence-corrected chi connectivity index (χ0v) is 12.2. The number of hydrogen-bond donors (Lipinski definition) is 2. The van der Waals surface area contributed by atoms with E-state index in [1.54, 1.807) is 12.1 Å². The number of carbonyl (C=O) groups is 1. The van der Waals surface area contributed by atoms with Crippen LogP contribution in [-0.2, 0) is 9.47 Å². The van der Waals surface area contributed by atoms with Gasteiger partial charge < -0.3 is 14.8 Å². The van der Waals surface area contributed by atoms with E-state index in [9.17, 15) is 4.79 Å². The van der Waals surface area contributed by atoms with E-state index in [-0.39, 0.29) is 12.0 Å². The van der Waals surface area contributed by atoms with Crippen molar-refractivity contribution in [2.24, 2.45) is 0 Å². The van der Waals surface area contributed by atoms with Crippen molar-refractivity contribution < 1.29 is 14.3 Å². The number of halogens is 1. The van der Waals surface area contributed by atoms with E-state index >= 15 is 0 Å². The zero-order valence-electron chi connectivity index (χ0n) is 9.69. The molecular weight excluding hydrogens is 318 g/mol. The summed E-state index contributed by atoms with van der Waals surface area (Å²) in [6.07, 6.45) is -0.0680. The third-order valence-electron chi connectivity index (χ3n) is 2.58. The van der Waals surface area contributed by atoms with E-state index in [1.807, 2.05) is 6.07 Å². The SMILES string of the molecule is O=C(NCC1COCCO1)c1ccc(Br)cc1S. The van der Waals surface area contributed by atoms with Crippen LogP contribution < -0.4 is 5.32 Å². The Hall–Kier alpha value is -0.560. The maximum absolute atomic E-state index is 11.9. The van der Waals surface area contributed by atoms with E-state index in [0.717, 1.165) is 4.47 Å². The van der Waals surface area contributed by atoms with Crippen LogP contribution in [0.2, 0.25) is 0 Å². The van der Waals surface area contributed by atoms with Crippen LogP contribution in [-0.4, -0.2) is 38.4 Å². The van der Waals surface area contributed by atoms with Gasteiger partial charge in [-0.3, -0.25) is 4.79 Å². The molecule has 4 nitrogen and oxygen atoms in total. The van der Waals surface area contributed by atoms with Crippen molar-refractivity contribution >= 4 is 34.5 Å². The Labute approximate surface area is 120 Å². The summed E-state index contributed by atoms with van der Waals surface area (Å²) in [6.45, 7) is 2.17. The van der Waals surface area contributed by atoms with Crippen LogP contribution in [0.1, 0.15) is 10.4 Å². The largest absolute Gasteiger partial charge is 0.376 e. The molecule has 0 aromatic heterocycles. The van der Waals surface area contributed by atoms with Gasteiger partial charge in [0.15, 0.2) is 0 Å². The lowest BCUT2D eigenvalue weighted by Gasteiger charge is -2.23. The van der Waals surface area contributed by atoms with Gasteiger partial charge in [-0.2, -0.15) is 0 Å². The summed E-state index contributed by atoms with van der Waals surface area (Å²) in [5, 5.41) is 2.82. The number of thiol groups is 1. The van der Waals surface area contributed by atoms with E-state index < -0.39 is 0 Å². The van der Waals surface area contributed by atoms with Gasteiger partial charge in [0.2, 0.25) is 0 Å². The molecule has 2 rings (SSSR count). The lowest BCUT2D eigenvalue weighted by Crippen LogP contribution is -2.39. The van der Waals surface area contributed by atoms with Gasteiger partial charge in [-0.15, -0.1) is 12.6 Å². The molecule has 98 valence electrons. The van der Waals surface area contributed by atoms with Gasteiger partial charge in [0, 0.05) is 15.9 Å². The molecule has 0 aliphatic carbocycles. The van der Waals surface area contributed by atoms with Gasteiger partial charge in [0.25, 0.3) is 5.91 Å². The normalized spacial score (nSPS) is 19.6. The summed E-state index contributed by atoms with van der Waals surface area (Å²) in [6, 6.07) is 5.34. The molecule has 18 heavy (non-hydrogen) atoms. The molecule has 0 saturated carbocycles. The summed E-state index contributed by atoms with van der Waals surface area (Å²) >= 11 is 7.61. The average Bonchev–Trinajstić information content (AvgIpc) is 2.37. The highest BCUT2D eigenvalue weighted by molar-refractivity contribution is 9.10. The van der Waals surface area contributed by atoms with Crippen LogP contribution in [0.5, 0.6) is 0 Å². The van der Waals surface area contributed by atoms with Gasteiger partial charge in [-0.05, 0) is 18.2 Å². The van der Waals surface area contributed by atoms with E-state index in [1.165, 1.54) is 0 Å². The van der Waals surface area contributed by atoms with Crippen molar-refractivity contribution in [3.05, 3.63) is 28.2 Å². The first kappa shape index (κ1) is 13.9. The third-order valence-corrected chi connectivity index (χ3v) is 3.44. The first-order valence-electron chi connectivity index (χ1n) is 5.63. The zero-order chi connectivity index (χ0) is 13.0. The predicted octanol–water partition coefficient (Wildman–Crippen LogP) is 1.88. The maximum atomic E-state index is 11.9. The van der Waals surface area contributed by atoms with E-state index in [4.69, 9.17) is 9.47 Å². The Morgan fingerprint density at radius 2 is 2.33 bits per heavy atom. The van der Waals surface area contributed by atoms with Crippen LogP contribution in [0, 0.1) is 0 Å². The fraction of sp³-hybridized carbons (Fsp3) is 0.417. The molecule has 1 saturated heterocycles. The third kappa shape index (κ3) is 3.71. The minimum atomic E-state index is -0.151. The second-order valence-electron chi connectivity index (χ2n) is 3.94. The molecular formula is C12H14BrNO3S. The minimum Gasteiger partial charge on any atom is -0.376 e. The minimum absolute atomic E-state index is 0.0680. The highest BCUT2D eigenvalue weighted by Crippen LogP contribution is 2.19. The highest BCUT2D eigenvalue weighted by atomic mass is 79.9. The standard InChI is InChI=1S/C12H14BrNO3S/c13-8-1-2-10(11(18)5-8)12(15)14-6-9-7-16-3-4-17-9/h1-2,5,9,18H,3-4,6-7H2,(H,14,15). The van der Waals surface area contributed by atoms with Crippen LogP contribution >= 0.6 is 28.6 Å². The first-order chi connectivity index (χ1) is 8.66. The van der Waals surface area contributed by atoms with Crippen molar-refractivity contribution in [2.45, 2.75) is 11.0 Å².